The van der Waals surface area contributed by atoms with Crippen molar-refractivity contribution >= 4 is 29.1 Å². The molecule has 0 aliphatic rings. The first-order valence-electron chi connectivity index (χ1n) is 8.52. The van der Waals surface area contributed by atoms with E-state index in [0.29, 0.717) is 28.7 Å². The van der Waals surface area contributed by atoms with E-state index in [4.69, 9.17) is 23.2 Å². The monoisotopic (exact) mass is 419 g/mol. The van der Waals surface area contributed by atoms with Gasteiger partial charge < -0.3 is 5.32 Å². The number of rotatable bonds is 6. The van der Waals surface area contributed by atoms with Crippen LogP contribution in [0.15, 0.2) is 59.4 Å². The largest absolute Gasteiger partial charge is 0.351 e. The van der Waals surface area contributed by atoms with Crippen LogP contribution in [0.2, 0.25) is 10.0 Å². The number of aryl methyl sites for hydroxylation is 1. The molecule has 28 heavy (non-hydrogen) atoms. The van der Waals surface area contributed by atoms with Gasteiger partial charge in [-0.2, -0.15) is 9.78 Å². The van der Waals surface area contributed by atoms with Crippen LogP contribution >= 0.6 is 23.2 Å². The Labute approximate surface area is 170 Å². The minimum absolute atomic E-state index is 0.0958. The molecule has 2 aromatic carbocycles. The van der Waals surface area contributed by atoms with Crippen molar-refractivity contribution in [2.45, 2.75) is 12.8 Å². The highest BCUT2D eigenvalue weighted by molar-refractivity contribution is 6.42. The SMILES string of the molecule is O=C(NCCCc1ccc(Cl)c(Cl)c1)c1ccc(=O)n(-c2ccc(F)cc2)n1. The van der Waals surface area contributed by atoms with Crippen molar-refractivity contribution in [1.82, 2.24) is 15.1 Å². The Morgan fingerprint density at radius 2 is 1.79 bits per heavy atom. The standard InChI is InChI=1S/C20H16Cl2FN3O2/c21-16-8-3-13(12-17(16)22)2-1-11-24-20(28)18-9-10-19(27)26(25-18)15-6-4-14(23)5-7-15/h3-10,12H,1-2,11H2,(H,24,28). The summed E-state index contributed by atoms with van der Waals surface area (Å²) in [6, 6.07) is 13.3. The van der Waals surface area contributed by atoms with Crippen LogP contribution in [0.1, 0.15) is 22.5 Å². The van der Waals surface area contributed by atoms with Gasteiger partial charge in [0, 0.05) is 12.6 Å². The second-order valence-corrected chi connectivity index (χ2v) is 6.87. The second kappa shape index (κ2) is 8.99. The van der Waals surface area contributed by atoms with E-state index < -0.39 is 17.3 Å². The first-order valence-corrected chi connectivity index (χ1v) is 9.28. The maximum atomic E-state index is 13.1. The molecule has 0 unspecified atom stereocenters. The predicted octanol–water partition coefficient (Wildman–Crippen LogP) is 4.04. The highest BCUT2D eigenvalue weighted by Gasteiger charge is 2.10. The smallest absolute Gasteiger partial charge is 0.271 e. The van der Waals surface area contributed by atoms with E-state index in [0.717, 1.165) is 16.7 Å². The van der Waals surface area contributed by atoms with Gasteiger partial charge in [0.05, 0.1) is 15.7 Å². The van der Waals surface area contributed by atoms with E-state index in [-0.39, 0.29) is 5.69 Å². The summed E-state index contributed by atoms with van der Waals surface area (Å²) in [6.07, 6.45) is 1.42. The summed E-state index contributed by atoms with van der Waals surface area (Å²) in [4.78, 5) is 24.3. The van der Waals surface area contributed by atoms with E-state index in [9.17, 15) is 14.0 Å². The number of hydrogen-bond acceptors (Lipinski definition) is 3. The maximum Gasteiger partial charge on any atom is 0.271 e. The van der Waals surface area contributed by atoms with Crippen molar-refractivity contribution in [3.8, 4) is 5.69 Å². The molecular weight excluding hydrogens is 404 g/mol. The molecule has 0 saturated heterocycles. The topological polar surface area (TPSA) is 64.0 Å². The Hall–Kier alpha value is -2.70. The van der Waals surface area contributed by atoms with Crippen molar-refractivity contribution in [3.05, 3.63) is 92.1 Å². The second-order valence-electron chi connectivity index (χ2n) is 6.05. The molecule has 144 valence electrons. The lowest BCUT2D eigenvalue weighted by Crippen LogP contribution is -2.29. The van der Waals surface area contributed by atoms with E-state index >= 15 is 0 Å². The number of carbonyl (C=O) groups is 1. The lowest BCUT2D eigenvalue weighted by Gasteiger charge is -2.08. The molecule has 3 rings (SSSR count). The van der Waals surface area contributed by atoms with Gasteiger partial charge in [-0.3, -0.25) is 9.59 Å². The molecule has 0 bridgehead atoms. The number of nitrogens with zero attached hydrogens (tertiary/aromatic N) is 2. The highest BCUT2D eigenvalue weighted by Crippen LogP contribution is 2.23. The number of hydrogen-bond donors (Lipinski definition) is 1. The van der Waals surface area contributed by atoms with E-state index in [2.05, 4.69) is 10.4 Å². The first-order chi connectivity index (χ1) is 13.4. The Morgan fingerprint density at radius 3 is 2.50 bits per heavy atom. The average molecular weight is 420 g/mol. The zero-order valence-electron chi connectivity index (χ0n) is 14.7. The fourth-order valence-corrected chi connectivity index (χ4v) is 2.90. The maximum absolute atomic E-state index is 13.1. The lowest BCUT2D eigenvalue weighted by atomic mass is 10.1. The Balaban J connectivity index is 1.61. The van der Waals surface area contributed by atoms with E-state index in [1.807, 2.05) is 6.07 Å². The van der Waals surface area contributed by atoms with Gasteiger partial charge >= 0.3 is 0 Å². The van der Waals surface area contributed by atoms with Crippen molar-refractivity contribution in [2.24, 2.45) is 0 Å². The molecule has 8 heteroatoms. The number of carbonyl (C=O) groups excluding carboxylic acids is 1. The summed E-state index contributed by atoms with van der Waals surface area (Å²) in [5.41, 5.74) is 1.08. The summed E-state index contributed by atoms with van der Waals surface area (Å²) < 4.78 is 14.1. The summed E-state index contributed by atoms with van der Waals surface area (Å²) in [5, 5.41) is 7.83. The Morgan fingerprint density at radius 1 is 1.04 bits per heavy atom. The summed E-state index contributed by atoms with van der Waals surface area (Å²) in [6.45, 7) is 0.427. The van der Waals surface area contributed by atoms with E-state index in [1.54, 1.807) is 12.1 Å². The molecule has 0 saturated carbocycles. The molecule has 1 amide bonds. The van der Waals surface area contributed by atoms with Gasteiger partial charge in [0.15, 0.2) is 0 Å². The van der Waals surface area contributed by atoms with Crippen LogP contribution < -0.4 is 10.9 Å². The summed E-state index contributed by atoms with van der Waals surface area (Å²) in [7, 11) is 0. The van der Waals surface area contributed by atoms with Crippen molar-refractivity contribution in [3.63, 3.8) is 0 Å². The van der Waals surface area contributed by atoms with Crippen LogP contribution in [0.5, 0.6) is 0 Å². The quantitative estimate of drug-likeness (QED) is 0.613. The van der Waals surface area contributed by atoms with Crippen LogP contribution in [0.25, 0.3) is 5.69 Å². The first kappa shape index (κ1) is 20.0. The molecule has 0 radical (unpaired) electrons. The van der Waals surface area contributed by atoms with Crippen molar-refractivity contribution < 1.29 is 9.18 Å². The number of benzene rings is 2. The molecule has 0 spiro atoms. The Kier molecular flexibility index (Phi) is 6.44. The lowest BCUT2D eigenvalue weighted by molar-refractivity contribution is 0.0946. The van der Waals surface area contributed by atoms with Crippen LogP contribution in [0, 0.1) is 5.82 Å². The third-order valence-corrected chi connectivity index (χ3v) is 4.75. The molecule has 1 heterocycles. The third kappa shape index (κ3) is 4.97. The van der Waals surface area contributed by atoms with Crippen LogP contribution in [-0.4, -0.2) is 22.2 Å². The highest BCUT2D eigenvalue weighted by atomic mass is 35.5. The minimum atomic E-state index is -0.423. The predicted molar refractivity (Wildman–Crippen MR) is 107 cm³/mol. The van der Waals surface area contributed by atoms with Crippen LogP contribution in [0.4, 0.5) is 4.39 Å². The fraction of sp³-hybridized carbons (Fsp3) is 0.150. The molecule has 0 aliphatic carbocycles. The number of aromatic nitrogens is 2. The van der Waals surface area contributed by atoms with Crippen LogP contribution in [-0.2, 0) is 6.42 Å². The van der Waals surface area contributed by atoms with Gasteiger partial charge in [-0.25, -0.2) is 4.39 Å². The molecule has 1 N–H and O–H groups in total. The molecule has 0 aliphatic heterocycles. The zero-order chi connectivity index (χ0) is 20.1. The van der Waals surface area contributed by atoms with Gasteiger partial charge in [-0.05, 0) is 60.9 Å². The van der Waals surface area contributed by atoms with E-state index in [1.165, 1.54) is 36.4 Å². The molecule has 0 fully saturated rings. The molecular formula is C20H16Cl2FN3O2. The number of nitrogens with one attached hydrogen (secondary N) is 1. The van der Waals surface area contributed by atoms with Gasteiger partial charge in [0.1, 0.15) is 11.5 Å². The van der Waals surface area contributed by atoms with Gasteiger partial charge in [0.2, 0.25) is 0 Å². The Bertz CT molecular complexity index is 1050. The average Bonchev–Trinajstić information content (AvgIpc) is 2.69. The zero-order valence-corrected chi connectivity index (χ0v) is 16.2. The molecule has 1 aromatic heterocycles. The third-order valence-electron chi connectivity index (χ3n) is 4.02. The van der Waals surface area contributed by atoms with Crippen LogP contribution in [0.3, 0.4) is 0 Å². The number of amides is 1. The summed E-state index contributed by atoms with van der Waals surface area (Å²) in [5.74, 6) is -0.822. The van der Waals surface area contributed by atoms with Gasteiger partial charge in [-0.15, -0.1) is 0 Å². The van der Waals surface area contributed by atoms with Gasteiger partial charge in [0.25, 0.3) is 11.5 Å². The van der Waals surface area contributed by atoms with Crippen molar-refractivity contribution in [1.29, 1.82) is 0 Å². The van der Waals surface area contributed by atoms with Gasteiger partial charge in [-0.1, -0.05) is 29.3 Å². The minimum Gasteiger partial charge on any atom is -0.351 e. The fourth-order valence-electron chi connectivity index (χ4n) is 2.58. The molecule has 0 atom stereocenters. The molecule has 3 aromatic rings. The van der Waals surface area contributed by atoms with Crippen molar-refractivity contribution in [2.75, 3.05) is 6.54 Å². The summed E-state index contributed by atoms with van der Waals surface area (Å²) >= 11 is 11.9. The number of halogens is 3. The molecule has 5 nitrogen and oxygen atoms in total. The normalized spacial score (nSPS) is 10.7.